The van der Waals surface area contributed by atoms with Gasteiger partial charge in [0.05, 0.1) is 12.0 Å². The number of nitrogens with zero attached hydrogens (tertiary/aromatic N) is 1. The highest BCUT2D eigenvalue weighted by Crippen LogP contribution is 2.17. The molecule has 0 radical (unpaired) electrons. The molecular formula is C9H8ClN. The van der Waals surface area contributed by atoms with Gasteiger partial charge in [0.2, 0.25) is 0 Å². The average Bonchev–Trinajstić information content (AvgIpc) is 2.03. The first-order valence-corrected chi connectivity index (χ1v) is 3.77. The van der Waals surface area contributed by atoms with Gasteiger partial charge in [-0.05, 0) is 24.6 Å². The molecule has 56 valence electrons. The van der Waals surface area contributed by atoms with Crippen LogP contribution in [0.3, 0.4) is 0 Å². The van der Waals surface area contributed by atoms with Gasteiger partial charge in [0, 0.05) is 5.02 Å². The van der Waals surface area contributed by atoms with Crippen LogP contribution in [0.2, 0.25) is 5.02 Å². The Labute approximate surface area is 71.2 Å². The highest BCUT2D eigenvalue weighted by Gasteiger charge is 2.02. The Morgan fingerprint density at radius 2 is 2.27 bits per heavy atom. The first-order valence-electron chi connectivity index (χ1n) is 3.39. The smallest absolute Gasteiger partial charge is 0.0700 e. The van der Waals surface area contributed by atoms with Crippen LogP contribution in [-0.4, -0.2) is 0 Å². The van der Waals surface area contributed by atoms with E-state index in [1.807, 2.05) is 25.1 Å². The van der Waals surface area contributed by atoms with Crippen molar-refractivity contribution in [2.45, 2.75) is 12.8 Å². The van der Waals surface area contributed by atoms with Gasteiger partial charge in [-0.15, -0.1) is 0 Å². The van der Waals surface area contributed by atoms with E-state index in [4.69, 9.17) is 16.9 Å². The van der Waals surface area contributed by atoms with E-state index in [1.54, 1.807) is 6.07 Å². The lowest BCUT2D eigenvalue weighted by Crippen LogP contribution is -1.87. The molecule has 0 saturated heterocycles. The van der Waals surface area contributed by atoms with E-state index in [2.05, 4.69) is 6.07 Å². The third-order valence-electron chi connectivity index (χ3n) is 1.54. The Morgan fingerprint density at radius 3 is 2.82 bits per heavy atom. The lowest BCUT2D eigenvalue weighted by Gasteiger charge is -2.01. The zero-order chi connectivity index (χ0) is 8.27. The summed E-state index contributed by atoms with van der Waals surface area (Å²) in [5, 5.41) is 9.27. The second kappa shape index (κ2) is 3.41. The molecule has 2 heteroatoms. The molecule has 1 nitrogen and oxygen atoms in total. The van der Waals surface area contributed by atoms with Gasteiger partial charge in [-0.2, -0.15) is 5.26 Å². The number of benzene rings is 1. The van der Waals surface area contributed by atoms with E-state index in [1.165, 1.54) is 0 Å². The van der Waals surface area contributed by atoms with Gasteiger partial charge in [-0.1, -0.05) is 23.7 Å². The van der Waals surface area contributed by atoms with Crippen molar-refractivity contribution in [1.29, 1.82) is 5.26 Å². The Kier molecular flexibility index (Phi) is 2.51. The SMILES string of the molecule is C[C@@H](C#N)c1cccc(Cl)c1. The maximum absolute atomic E-state index is 8.59. The van der Waals surface area contributed by atoms with E-state index in [0.717, 1.165) is 5.56 Å². The lowest BCUT2D eigenvalue weighted by atomic mass is 10.0. The molecule has 0 heterocycles. The number of rotatable bonds is 1. The van der Waals surface area contributed by atoms with Crippen LogP contribution < -0.4 is 0 Å². The van der Waals surface area contributed by atoms with Gasteiger partial charge >= 0.3 is 0 Å². The second-order valence-corrected chi connectivity index (χ2v) is 2.84. The fourth-order valence-electron chi connectivity index (χ4n) is 0.850. The molecule has 11 heavy (non-hydrogen) atoms. The van der Waals surface area contributed by atoms with E-state index in [0.29, 0.717) is 5.02 Å². The summed E-state index contributed by atoms with van der Waals surface area (Å²) >= 11 is 5.74. The van der Waals surface area contributed by atoms with E-state index in [-0.39, 0.29) is 5.92 Å². The molecule has 0 unspecified atom stereocenters. The molecule has 0 bridgehead atoms. The molecule has 1 rings (SSSR count). The maximum atomic E-state index is 8.59. The molecule has 0 fully saturated rings. The average molecular weight is 166 g/mol. The first kappa shape index (κ1) is 8.10. The maximum Gasteiger partial charge on any atom is 0.0700 e. The summed E-state index contributed by atoms with van der Waals surface area (Å²) in [7, 11) is 0. The van der Waals surface area contributed by atoms with Crippen LogP contribution in [0, 0.1) is 11.3 Å². The van der Waals surface area contributed by atoms with Crippen LogP contribution in [0.4, 0.5) is 0 Å². The first-order chi connectivity index (χ1) is 5.24. The zero-order valence-corrected chi connectivity index (χ0v) is 6.97. The fourth-order valence-corrected chi connectivity index (χ4v) is 1.05. The van der Waals surface area contributed by atoms with Crippen molar-refractivity contribution in [3.05, 3.63) is 34.9 Å². The predicted octanol–water partition coefficient (Wildman–Crippen LogP) is 2.97. The minimum Gasteiger partial charge on any atom is -0.198 e. The topological polar surface area (TPSA) is 23.8 Å². The van der Waals surface area contributed by atoms with Crippen molar-refractivity contribution < 1.29 is 0 Å². The number of nitriles is 1. The van der Waals surface area contributed by atoms with E-state index >= 15 is 0 Å². The third kappa shape index (κ3) is 1.96. The molecule has 0 aliphatic rings. The van der Waals surface area contributed by atoms with Crippen LogP contribution >= 0.6 is 11.6 Å². The molecule has 0 saturated carbocycles. The molecule has 0 aliphatic heterocycles. The van der Waals surface area contributed by atoms with Gasteiger partial charge in [0.25, 0.3) is 0 Å². The van der Waals surface area contributed by atoms with E-state index in [9.17, 15) is 0 Å². The molecule has 0 aliphatic carbocycles. The van der Waals surface area contributed by atoms with Gasteiger partial charge in [0.1, 0.15) is 0 Å². The molecule has 0 spiro atoms. The van der Waals surface area contributed by atoms with Crippen molar-refractivity contribution in [3.8, 4) is 6.07 Å². The van der Waals surface area contributed by atoms with Gasteiger partial charge < -0.3 is 0 Å². The van der Waals surface area contributed by atoms with Crippen LogP contribution in [0.1, 0.15) is 18.4 Å². The summed E-state index contributed by atoms with van der Waals surface area (Å²) in [6, 6.07) is 9.52. The van der Waals surface area contributed by atoms with Crippen molar-refractivity contribution in [3.63, 3.8) is 0 Å². The van der Waals surface area contributed by atoms with Crippen LogP contribution in [0.25, 0.3) is 0 Å². The van der Waals surface area contributed by atoms with Crippen molar-refractivity contribution in [1.82, 2.24) is 0 Å². The fraction of sp³-hybridized carbons (Fsp3) is 0.222. The lowest BCUT2D eigenvalue weighted by molar-refractivity contribution is 0.982. The summed E-state index contributed by atoms with van der Waals surface area (Å²) in [5.74, 6) is -0.0753. The van der Waals surface area contributed by atoms with Crippen molar-refractivity contribution in [2.75, 3.05) is 0 Å². The number of halogens is 1. The summed E-state index contributed by atoms with van der Waals surface area (Å²) in [6.07, 6.45) is 0. The van der Waals surface area contributed by atoms with Gasteiger partial charge in [0.15, 0.2) is 0 Å². The predicted molar refractivity (Wildman–Crippen MR) is 45.5 cm³/mol. The zero-order valence-electron chi connectivity index (χ0n) is 6.21. The minimum atomic E-state index is -0.0753. The van der Waals surface area contributed by atoms with Crippen LogP contribution in [0.5, 0.6) is 0 Å². The molecule has 0 N–H and O–H groups in total. The standard InChI is InChI=1S/C9H8ClN/c1-7(6-11)8-3-2-4-9(10)5-8/h2-5,7H,1H3/t7-/m0/s1. The minimum absolute atomic E-state index is 0.0753. The third-order valence-corrected chi connectivity index (χ3v) is 1.78. The van der Waals surface area contributed by atoms with Gasteiger partial charge in [-0.3, -0.25) is 0 Å². The molecule has 1 atom stereocenters. The van der Waals surface area contributed by atoms with Crippen molar-refractivity contribution in [2.24, 2.45) is 0 Å². The molecule has 0 amide bonds. The summed E-state index contributed by atoms with van der Waals surface area (Å²) in [5.41, 5.74) is 0.972. The Balaban J connectivity index is 2.98. The quantitative estimate of drug-likeness (QED) is 0.628. The van der Waals surface area contributed by atoms with Crippen molar-refractivity contribution >= 4 is 11.6 Å². The molecule has 0 aromatic heterocycles. The highest BCUT2D eigenvalue weighted by molar-refractivity contribution is 6.30. The monoisotopic (exact) mass is 165 g/mol. The summed E-state index contributed by atoms with van der Waals surface area (Å²) in [6.45, 7) is 1.85. The Bertz CT molecular complexity index is 288. The second-order valence-electron chi connectivity index (χ2n) is 2.41. The molecule has 1 aromatic carbocycles. The normalized spacial score (nSPS) is 12.1. The highest BCUT2D eigenvalue weighted by atomic mass is 35.5. The molecule has 1 aromatic rings. The number of hydrogen-bond acceptors (Lipinski definition) is 1. The summed E-state index contributed by atoms with van der Waals surface area (Å²) in [4.78, 5) is 0. The Hall–Kier alpha value is -1.00. The summed E-state index contributed by atoms with van der Waals surface area (Å²) < 4.78 is 0. The van der Waals surface area contributed by atoms with Crippen LogP contribution in [0.15, 0.2) is 24.3 Å². The Morgan fingerprint density at radius 1 is 1.55 bits per heavy atom. The largest absolute Gasteiger partial charge is 0.198 e. The number of hydrogen-bond donors (Lipinski definition) is 0. The van der Waals surface area contributed by atoms with E-state index < -0.39 is 0 Å². The van der Waals surface area contributed by atoms with Gasteiger partial charge in [-0.25, -0.2) is 0 Å². The van der Waals surface area contributed by atoms with Crippen LogP contribution in [-0.2, 0) is 0 Å². The molecular weight excluding hydrogens is 158 g/mol.